The zero-order valence-electron chi connectivity index (χ0n) is 15.4. The van der Waals surface area contributed by atoms with Gasteiger partial charge in [-0.25, -0.2) is 0 Å². The fraction of sp³-hybridized carbons (Fsp3) is 0.250. The number of carbonyl (C=O) groups excluding carboxylic acids is 1. The van der Waals surface area contributed by atoms with Crippen molar-refractivity contribution in [2.24, 2.45) is 0 Å². The van der Waals surface area contributed by atoms with Crippen molar-refractivity contribution in [2.75, 3.05) is 20.8 Å². The molecule has 0 saturated carbocycles. The van der Waals surface area contributed by atoms with Gasteiger partial charge in [0, 0.05) is 12.1 Å². The third-order valence-corrected chi connectivity index (χ3v) is 4.20. The highest BCUT2D eigenvalue weighted by Crippen LogP contribution is 2.31. The summed E-state index contributed by atoms with van der Waals surface area (Å²) >= 11 is 0. The number of rotatable bonds is 7. The van der Waals surface area contributed by atoms with Gasteiger partial charge in [-0.15, -0.1) is 0 Å². The Bertz CT molecular complexity index is 909. The Kier molecular flexibility index (Phi) is 5.71. The summed E-state index contributed by atoms with van der Waals surface area (Å²) in [6, 6.07) is 15.2. The Labute approximate surface area is 157 Å². The quantitative estimate of drug-likeness (QED) is 0.690. The van der Waals surface area contributed by atoms with E-state index in [-0.39, 0.29) is 11.8 Å². The summed E-state index contributed by atoms with van der Waals surface area (Å²) in [5.74, 6) is 1.12. The van der Waals surface area contributed by atoms with Crippen LogP contribution in [0.15, 0.2) is 53.1 Å². The SMILES string of the molecule is COc1ccc(-c2noc(C(=O)NC[C@H](C)c3ccccc3)n2)cc1OC. The largest absolute Gasteiger partial charge is 0.493 e. The van der Waals surface area contributed by atoms with E-state index in [0.29, 0.717) is 29.4 Å². The molecule has 27 heavy (non-hydrogen) atoms. The summed E-state index contributed by atoms with van der Waals surface area (Å²) in [7, 11) is 3.11. The first-order chi connectivity index (χ1) is 13.1. The molecule has 0 spiro atoms. The molecule has 2 aromatic carbocycles. The van der Waals surface area contributed by atoms with Crippen LogP contribution >= 0.6 is 0 Å². The molecule has 7 nitrogen and oxygen atoms in total. The Morgan fingerprint density at radius 1 is 1.11 bits per heavy atom. The van der Waals surface area contributed by atoms with Crippen LogP contribution in [0.3, 0.4) is 0 Å². The van der Waals surface area contributed by atoms with Crippen LogP contribution in [0.2, 0.25) is 0 Å². The first kappa shape index (κ1) is 18.4. The topological polar surface area (TPSA) is 86.5 Å². The molecule has 0 aliphatic heterocycles. The minimum atomic E-state index is -0.406. The standard InChI is InChI=1S/C20H21N3O4/c1-13(14-7-5-4-6-8-14)12-21-19(24)20-22-18(23-27-20)15-9-10-16(25-2)17(11-15)26-3/h4-11,13H,12H2,1-3H3,(H,21,24)/t13-/m0/s1. The molecule has 1 aromatic heterocycles. The third kappa shape index (κ3) is 4.25. The van der Waals surface area contributed by atoms with E-state index in [9.17, 15) is 4.79 Å². The van der Waals surface area contributed by atoms with Gasteiger partial charge in [-0.2, -0.15) is 4.98 Å². The van der Waals surface area contributed by atoms with E-state index in [0.717, 1.165) is 5.56 Å². The van der Waals surface area contributed by atoms with E-state index in [2.05, 4.69) is 15.5 Å². The number of ether oxygens (including phenoxy) is 2. The first-order valence-electron chi connectivity index (χ1n) is 8.51. The highest BCUT2D eigenvalue weighted by Gasteiger charge is 2.18. The molecular formula is C20H21N3O4. The summed E-state index contributed by atoms with van der Waals surface area (Å²) < 4.78 is 15.6. The van der Waals surface area contributed by atoms with Crippen LogP contribution in [-0.4, -0.2) is 36.8 Å². The molecular weight excluding hydrogens is 346 g/mol. The highest BCUT2D eigenvalue weighted by atomic mass is 16.5. The van der Waals surface area contributed by atoms with Crippen LogP contribution in [0.5, 0.6) is 11.5 Å². The fourth-order valence-electron chi connectivity index (χ4n) is 2.63. The van der Waals surface area contributed by atoms with Crippen LogP contribution in [0.4, 0.5) is 0 Å². The highest BCUT2D eigenvalue weighted by molar-refractivity contribution is 5.89. The van der Waals surface area contributed by atoms with Crippen LogP contribution in [0.1, 0.15) is 29.1 Å². The average Bonchev–Trinajstić information content (AvgIpc) is 3.22. The molecule has 0 radical (unpaired) electrons. The number of carbonyl (C=O) groups is 1. The lowest BCUT2D eigenvalue weighted by molar-refractivity contribution is 0.0908. The van der Waals surface area contributed by atoms with Gasteiger partial charge in [-0.1, -0.05) is 42.4 Å². The van der Waals surface area contributed by atoms with E-state index >= 15 is 0 Å². The Balaban J connectivity index is 1.67. The number of hydrogen-bond donors (Lipinski definition) is 1. The van der Waals surface area contributed by atoms with Crippen molar-refractivity contribution in [3.05, 3.63) is 60.0 Å². The molecule has 3 rings (SSSR count). The van der Waals surface area contributed by atoms with Gasteiger partial charge in [0.2, 0.25) is 5.82 Å². The van der Waals surface area contributed by atoms with Crippen LogP contribution in [-0.2, 0) is 0 Å². The van der Waals surface area contributed by atoms with Crippen molar-refractivity contribution < 1.29 is 18.8 Å². The number of methoxy groups -OCH3 is 2. The number of nitrogens with zero attached hydrogens (tertiary/aromatic N) is 2. The predicted molar refractivity (Wildman–Crippen MR) is 100 cm³/mol. The molecule has 0 unspecified atom stereocenters. The van der Waals surface area contributed by atoms with Gasteiger partial charge in [0.25, 0.3) is 0 Å². The number of nitrogens with one attached hydrogen (secondary N) is 1. The lowest BCUT2D eigenvalue weighted by atomic mass is 10.0. The van der Waals surface area contributed by atoms with Gasteiger partial charge in [-0.3, -0.25) is 4.79 Å². The molecule has 1 atom stereocenters. The number of hydrogen-bond acceptors (Lipinski definition) is 6. The maximum absolute atomic E-state index is 12.3. The Hall–Kier alpha value is -3.35. The molecule has 3 aromatic rings. The van der Waals surface area contributed by atoms with Crippen molar-refractivity contribution in [3.8, 4) is 22.9 Å². The predicted octanol–water partition coefficient (Wildman–Crippen LogP) is 3.29. The molecule has 7 heteroatoms. The Morgan fingerprint density at radius 2 is 1.85 bits per heavy atom. The van der Waals surface area contributed by atoms with Crippen LogP contribution in [0, 0.1) is 0 Å². The minimum absolute atomic E-state index is 0.0833. The summed E-state index contributed by atoms with van der Waals surface area (Å²) in [5.41, 5.74) is 1.81. The smallest absolute Gasteiger partial charge is 0.316 e. The second-order valence-corrected chi connectivity index (χ2v) is 6.01. The molecule has 0 fully saturated rings. The molecule has 0 aliphatic rings. The summed E-state index contributed by atoms with van der Waals surface area (Å²) in [6.45, 7) is 2.51. The van der Waals surface area contributed by atoms with Crippen LogP contribution in [0.25, 0.3) is 11.4 Å². The fourth-order valence-corrected chi connectivity index (χ4v) is 2.63. The summed E-state index contributed by atoms with van der Waals surface area (Å²) in [6.07, 6.45) is 0. The van der Waals surface area contributed by atoms with Crippen molar-refractivity contribution in [1.29, 1.82) is 0 Å². The molecule has 1 N–H and O–H groups in total. The molecule has 0 aliphatic carbocycles. The van der Waals surface area contributed by atoms with E-state index < -0.39 is 5.91 Å². The van der Waals surface area contributed by atoms with Crippen LogP contribution < -0.4 is 14.8 Å². The van der Waals surface area contributed by atoms with Gasteiger partial charge in [0.05, 0.1) is 14.2 Å². The maximum Gasteiger partial charge on any atom is 0.316 e. The Morgan fingerprint density at radius 3 is 2.56 bits per heavy atom. The zero-order chi connectivity index (χ0) is 19.2. The van der Waals surface area contributed by atoms with Gasteiger partial charge in [0.1, 0.15) is 0 Å². The molecule has 0 bridgehead atoms. The second kappa shape index (κ2) is 8.35. The maximum atomic E-state index is 12.3. The second-order valence-electron chi connectivity index (χ2n) is 6.01. The number of amides is 1. The summed E-state index contributed by atoms with van der Waals surface area (Å²) in [5, 5.41) is 6.70. The monoisotopic (exact) mass is 367 g/mol. The average molecular weight is 367 g/mol. The zero-order valence-corrected chi connectivity index (χ0v) is 15.4. The lowest BCUT2D eigenvalue weighted by Crippen LogP contribution is -2.27. The molecule has 140 valence electrons. The summed E-state index contributed by atoms with van der Waals surface area (Å²) in [4.78, 5) is 16.5. The third-order valence-electron chi connectivity index (χ3n) is 4.20. The molecule has 1 heterocycles. The lowest BCUT2D eigenvalue weighted by Gasteiger charge is -2.11. The van der Waals surface area contributed by atoms with E-state index in [4.69, 9.17) is 14.0 Å². The molecule has 0 saturated heterocycles. The van der Waals surface area contributed by atoms with Crippen molar-refractivity contribution in [3.63, 3.8) is 0 Å². The van der Waals surface area contributed by atoms with Gasteiger partial charge >= 0.3 is 11.8 Å². The van der Waals surface area contributed by atoms with Gasteiger partial charge in [-0.05, 0) is 29.7 Å². The molecule has 1 amide bonds. The van der Waals surface area contributed by atoms with E-state index in [1.165, 1.54) is 0 Å². The van der Waals surface area contributed by atoms with Crippen molar-refractivity contribution >= 4 is 5.91 Å². The van der Waals surface area contributed by atoms with Crippen molar-refractivity contribution in [2.45, 2.75) is 12.8 Å². The number of aromatic nitrogens is 2. The van der Waals surface area contributed by atoms with Gasteiger partial charge < -0.3 is 19.3 Å². The van der Waals surface area contributed by atoms with Gasteiger partial charge in [0.15, 0.2) is 11.5 Å². The normalized spacial score (nSPS) is 11.7. The van der Waals surface area contributed by atoms with E-state index in [1.807, 2.05) is 37.3 Å². The van der Waals surface area contributed by atoms with Crippen molar-refractivity contribution in [1.82, 2.24) is 15.5 Å². The first-order valence-corrected chi connectivity index (χ1v) is 8.51. The van der Waals surface area contributed by atoms with E-state index in [1.54, 1.807) is 32.4 Å². The number of benzene rings is 2. The minimum Gasteiger partial charge on any atom is -0.493 e.